The molecule has 1 rings (SSSR count). The predicted molar refractivity (Wildman–Crippen MR) is 55.6 cm³/mol. The lowest BCUT2D eigenvalue weighted by molar-refractivity contribution is -0.161. The van der Waals surface area contributed by atoms with Gasteiger partial charge in [-0.1, -0.05) is 0 Å². The van der Waals surface area contributed by atoms with E-state index >= 15 is 0 Å². The van der Waals surface area contributed by atoms with Crippen LogP contribution < -0.4 is 0 Å². The van der Waals surface area contributed by atoms with E-state index in [0.717, 1.165) is 31.3 Å². The highest BCUT2D eigenvalue weighted by atomic mass is 19.3. The molecule has 1 aromatic rings. The zero-order chi connectivity index (χ0) is 13.9. The Bertz CT molecular complexity index is 459. The van der Waals surface area contributed by atoms with Crippen molar-refractivity contribution < 1.29 is 27.9 Å². The number of hydrogen-bond donors (Lipinski definition) is 1. The Hall–Kier alpha value is -2.05. The Kier molecular flexibility index (Phi) is 3.95. The number of benzene rings is 1. The molecular weight excluding hydrogens is 251 g/mol. The first-order valence-corrected chi connectivity index (χ1v) is 4.86. The summed E-state index contributed by atoms with van der Waals surface area (Å²) in [6, 6.07) is 3.16. The van der Waals surface area contributed by atoms with Crippen LogP contribution in [-0.4, -0.2) is 35.5 Å². The number of nitrogens with zero attached hydrogens (tertiary/aromatic N) is 1. The molecule has 0 saturated carbocycles. The minimum atomic E-state index is -3.89. The molecule has 0 bridgehead atoms. The fourth-order valence-corrected chi connectivity index (χ4v) is 1.30. The van der Waals surface area contributed by atoms with E-state index in [0.29, 0.717) is 4.90 Å². The normalized spacial score (nSPS) is 11.1. The molecule has 98 valence electrons. The van der Waals surface area contributed by atoms with E-state index in [1.54, 1.807) is 0 Å². The van der Waals surface area contributed by atoms with Crippen molar-refractivity contribution in [3.05, 3.63) is 35.6 Å². The number of carbonyl (C=O) groups excluding carboxylic acids is 1. The van der Waals surface area contributed by atoms with Crippen LogP contribution in [0.4, 0.5) is 13.2 Å². The average Bonchev–Trinajstić information content (AvgIpc) is 2.27. The van der Waals surface area contributed by atoms with Crippen LogP contribution in [-0.2, 0) is 15.5 Å². The lowest BCUT2D eigenvalue weighted by Gasteiger charge is -2.22. The Morgan fingerprint density at radius 2 is 1.78 bits per heavy atom. The fourth-order valence-electron chi connectivity index (χ4n) is 1.30. The van der Waals surface area contributed by atoms with Crippen LogP contribution in [0, 0.1) is 5.82 Å². The number of hydrogen-bond acceptors (Lipinski definition) is 2. The van der Waals surface area contributed by atoms with Gasteiger partial charge in [-0.15, -0.1) is 0 Å². The first-order valence-electron chi connectivity index (χ1n) is 4.86. The molecule has 4 nitrogen and oxygen atoms in total. The third-order valence-corrected chi connectivity index (χ3v) is 2.19. The second-order valence-electron chi connectivity index (χ2n) is 3.64. The van der Waals surface area contributed by atoms with Gasteiger partial charge in [-0.25, -0.2) is 4.39 Å². The Balaban J connectivity index is 2.95. The summed E-state index contributed by atoms with van der Waals surface area (Å²) in [6.45, 7) is -0.838. The van der Waals surface area contributed by atoms with E-state index in [9.17, 15) is 22.8 Å². The smallest absolute Gasteiger partial charge is 0.349 e. The standard InChI is InChI=1S/C11H10F3NO3/c1-15(6-9(16)17)10(18)11(13,14)7-2-4-8(12)5-3-7/h2-5H,6H2,1H3,(H,16,17). The number of aliphatic carboxylic acids is 1. The Labute approximate surface area is 101 Å². The third-order valence-electron chi connectivity index (χ3n) is 2.19. The summed E-state index contributed by atoms with van der Waals surface area (Å²) in [6.07, 6.45) is 0. The molecule has 0 aliphatic heterocycles. The Morgan fingerprint density at radius 1 is 1.28 bits per heavy atom. The fraction of sp³-hybridized carbons (Fsp3) is 0.273. The van der Waals surface area contributed by atoms with Crippen LogP contribution in [0.2, 0.25) is 0 Å². The molecule has 0 aromatic heterocycles. The second kappa shape index (κ2) is 5.07. The van der Waals surface area contributed by atoms with Gasteiger partial charge in [-0.2, -0.15) is 8.78 Å². The van der Waals surface area contributed by atoms with Gasteiger partial charge < -0.3 is 10.0 Å². The van der Waals surface area contributed by atoms with Crippen molar-refractivity contribution >= 4 is 11.9 Å². The minimum Gasteiger partial charge on any atom is -0.480 e. The second-order valence-corrected chi connectivity index (χ2v) is 3.64. The summed E-state index contributed by atoms with van der Waals surface area (Å²) in [4.78, 5) is 22.1. The summed E-state index contributed by atoms with van der Waals surface area (Å²) >= 11 is 0. The summed E-state index contributed by atoms with van der Waals surface area (Å²) < 4.78 is 39.9. The average molecular weight is 261 g/mol. The molecular formula is C11H10F3NO3. The first kappa shape index (κ1) is 14.0. The van der Waals surface area contributed by atoms with Gasteiger partial charge in [0, 0.05) is 12.6 Å². The van der Waals surface area contributed by atoms with Crippen LogP contribution >= 0.6 is 0 Å². The van der Waals surface area contributed by atoms with Crippen LogP contribution in [0.1, 0.15) is 5.56 Å². The van der Waals surface area contributed by atoms with Crippen molar-refractivity contribution in [3.63, 3.8) is 0 Å². The lowest BCUT2D eigenvalue weighted by atomic mass is 10.1. The van der Waals surface area contributed by atoms with Gasteiger partial charge in [0.2, 0.25) is 0 Å². The molecule has 0 heterocycles. The van der Waals surface area contributed by atoms with E-state index in [1.165, 1.54) is 0 Å². The van der Waals surface area contributed by atoms with Gasteiger partial charge in [0.1, 0.15) is 12.4 Å². The van der Waals surface area contributed by atoms with E-state index in [4.69, 9.17) is 5.11 Å². The van der Waals surface area contributed by atoms with Crippen molar-refractivity contribution in [3.8, 4) is 0 Å². The molecule has 18 heavy (non-hydrogen) atoms. The Morgan fingerprint density at radius 3 is 2.22 bits per heavy atom. The van der Waals surface area contributed by atoms with Crippen molar-refractivity contribution in [2.45, 2.75) is 5.92 Å². The van der Waals surface area contributed by atoms with Gasteiger partial charge in [0.05, 0.1) is 0 Å². The monoisotopic (exact) mass is 261 g/mol. The van der Waals surface area contributed by atoms with Gasteiger partial charge in [0.25, 0.3) is 5.91 Å². The number of carbonyl (C=O) groups is 2. The highest BCUT2D eigenvalue weighted by Crippen LogP contribution is 2.29. The van der Waals surface area contributed by atoms with E-state index in [2.05, 4.69) is 0 Å². The summed E-state index contributed by atoms with van der Waals surface area (Å²) in [5, 5.41) is 8.42. The van der Waals surface area contributed by atoms with E-state index in [-0.39, 0.29) is 0 Å². The molecule has 0 saturated heterocycles. The van der Waals surface area contributed by atoms with E-state index in [1.807, 2.05) is 0 Å². The van der Waals surface area contributed by atoms with Crippen LogP contribution in [0.3, 0.4) is 0 Å². The van der Waals surface area contributed by atoms with Crippen LogP contribution in [0.5, 0.6) is 0 Å². The number of amides is 1. The minimum absolute atomic E-state index is 0.395. The van der Waals surface area contributed by atoms with Gasteiger partial charge in [-0.05, 0) is 24.3 Å². The molecule has 1 amide bonds. The molecule has 0 radical (unpaired) electrons. The first-order chi connectivity index (χ1) is 8.25. The van der Waals surface area contributed by atoms with Crippen LogP contribution in [0.25, 0.3) is 0 Å². The maximum absolute atomic E-state index is 13.7. The quantitative estimate of drug-likeness (QED) is 0.892. The highest BCUT2D eigenvalue weighted by molar-refractivity contribution is 5.87. The molecule has 0 spiro atoms. The zero-order valence-electron chi connectivity index (χ0n) is 9.36. The van der Waals surface area contributed by atoms with Crippen molar-refractivity contribution in [1.82, 2.24) is 4.90 Å². The predicted octanol–water partition coefficient (Wildman–Crippen LogP) is 1.46. The summed E-state index contributed by atoms with van der Waals surface area (Å²) in [7, 11) is 0.952. The van der Waals surface area contributed by atoms with Gasteiger partial charge in [-0.3, -0.25) is 9.59 Å². The van der Waals surface area contributed by atoms with Crippen molar-refractivity contribution in [1.29, 1.82) is 0 Å². The maximum atomic E-state index is 13.7. The molecule has 0 aliphatic carbocycles. The maximum Gasteiger partial charge on any atom is 0.349 e. The number of rotatable bonds is 4. The topological polar surface area (TPSA) is 57.6 Å². The van der Waals surface area contributed by atoms with Gasteiger partial charge in [0.15, 0.2) is 0 Å². The molecule has 1 aromatic carbocycles. The lowest BCUT2D eigenvalue weighted by Crippen LogP contribution is -2.42. The molecule has 1 N–H and O–H groups in total. The number of likely N-dealkylation sites (N-methyl/N-ethyl adjacent to an activating group) is 1. The summed E-state index contributed by atoms with van der Waals surface area (Å²) in [5.74, 6) is -7.66. The molecule has 7 heteroatoms. The van der Waals surface area contributed by atoms with Crippen molar-refractivity contribution in [2.24, 2.45) is 0 Å². The molecule has 0 unspecified atom stereocenters. The van der Waals surface area contributed by atoms with Crippen molar-refractivity contribution in [2.75, 3.05) is 13.6 Å². The SMILES string of the molecule is CN(CC(=O)O)C(=O)C(F)(F)c1ccc(F)cc1. The number of halogens is 3. The highest BCUT2D eigenvalue weighted by Gasteiger charge is 2.43. The number of carboxylic acids is 1. The molecule has 0 fully saturated rings. The number of alkyl halides is 2. The number of carboxylic acid groups (broad SMARTS) is 1. The largest absolute Gasteiger partial charge is 0.480 e. The van der Waals surface area contributed by atoms with Crippen LogP contribution in [0.15, 0.2) is 24.3 Å². The summed E-state index contributed by atoms with van der Waals surface area (Å²) in [5.41, 5.74) is -0.689. The third kappa shape index (κ3) is 2.99. The molecule has 0 aliphatic rings. The van der Waals surface area contributed by atoms with E-state index < -0.39 is 35.7 Å². The van der Waals surface area contributed by atoms with Gasteiger partial charge >= 0.3 is 11.9 Å². The zero-order valence-corrected chi connectivity index (χ0v) is 9.36. The molecule has 0 atom stereocenters.